The van der Waals surface area contributed by atoms with Crippen LogP contribution in [0.25, 0.3) is 0 Å². The molecule has 2 aromatic carbocycles. The largest absolute Gasteiger partial charge is 0.277 e. The third-order valence-electron chi connectivity index (χ3n) is 4.89. The Morgan fingerprint density at radius 3 is 1.46 bits per heavy atom. The molecule has 0 atom stereocenters. The van der Waals surface area contributed by atoms with Crippen molar-refractivity contribution in [1.29, 1.82) is 0 Å². The average molecular weight is 420 g/mol. The van der Waals surface area contributed by atoms with Crippen LogP contribution in [0.5, 0.6) is 0 Å². The number of benzene rings is 2. The highest BCUT2D eigenvalue weighted by Crippen LogP contribution is 2.40. The fourth-order valence-corrected chi connectivity index (χ4v) is 7.04. The van der Waals surface area contributed by atoms with E-state index in [2.05, 4.69) is 0 Å². The lowest BCUT2D eigenvalue weighted by Gasteiger charge is -2.25. The zero-order valence-corrected chi connectivity index (χ0v) is 18.1. The first kappa shape index (κ1) is 20.6. The molecule has 5 nitrogen and oxygen atoms in total. The number of sulfonamides is 2. The van der Waals surface area contributed by atoms with E-state index in [9.17, 15) is 16.8 Å². The van der Waals surface area contributed by atoms with Gasteiger partial charge in [-0.1, -0.05) is 55.3 Å². The van der Waals surface area contributed by atoms with Gasteiger partial charge in [0.1, 0.15) is 0 Å². The zero-order valence-electron chi connectivity index (χ0n) is 16.5. The van der Waals surface area contributed by atoms with Crippen LogP contribution in [0.1, 0.15) is 37.8 Å². The Balaban J connectivity index is 2.21. The lowest BCUT2D eigenvalue weighted by Crippen LogP contribution is -2.36. The molecule has 0 saturated carbocycles. The summed E-state index contributed by atoms with van der Waals surface area (Å²) < 4.78 is 54.4. The first-order chi connectivity index (χ1) is 12.9. The minimum Gasteiger partial charge on any atom is -0.200 e. The zero-order chi connectivity index (χ0) is 20.7. The first-order valence-electron chi connectivity index (χ1n) is 9.09. The summed E-state index contributed by atoms with van der Waals surface area (Å²) in [6.45, 7) is 7.63. The molecule has 0 amide bonds. The third kappa shape index (κ3) is 3.86. The summed E-state index contributed by atoms with van der Waals surface area (Å²) in [7, 11) is -8.58. The van der Waals surface area contributed by atoms with E-state index in [1.54, 1.807) is 30.3 Å². The molecule has 1 aliphatic rings. The molecule has 0 aromatic heterocycles. The van der Waals surface area contributed by atoms with Crippen LogP contribution in [-0.4, -0.2) is 20.5 Å². The molecular formula is C21H25NO4S2. The first-order valence-corrected chi connectivity index (χ1v) is 12.0. The number of aryl methyl sites for hydroxylation is 2. The number of rotatable bonds is 5. The van der Waals surface area contributed by atoms with E-state index < -0.39 is 20.0 Å². The van der Waals surface area contributed by atoms with Crippen LogP contribution in [-0.2, 0) is 20.0 Å². The molecule has 3 rings (SSSR count). The van der Waals surface area contributed by atoms with E-state index >= 15 is 0 Å². The van der Waals surface area contributed by atoms with Crippen molar-refractivity contribution in [1.82, 2.24) is 3.71 Å². The molecule has 0 radical (unpaired) electrons. The number of nitrogens with zero attached hydrogens (tertiary/aromatic N) is 1. The van der Waals surface area contributed by atoms with Gasteiger partial charge in [0.05, 0.1) is 9.79 Å². The van der Waals surface area contributed by atoms with Crippen LogP contribution in [0, 0.1) is 19.3 Å². The minimum atomic E-state index is -4.29. The molecule has 28 heavy (non-hydrogen) atoms. The summed E-state index contributed by atoms with van der Waals surface area (Å²) in [4.78, 5) is -0.0845. The van der Waals surface area contributed by atoms with Crippen molar-refractivity contribution in [2.75, 3.05) is 0 Å². The maximum atomic E-state index is 13.4. The number of hydrogen-bond acceptors (Lipinski definition) is 4. The molecule has 0 bridgehead atoms. The molecule has 0 fully saturated rings. The molecule has 7 heteroatoms. The summed E-state index contributed by atoms with van der Waals surface area (Å²) >= 11 is 0. The molecule has 0 unspecified atom stereocenters. The van der Waals surface area contributed by atoms with Crippen molar-refractivity contribution in [2.24, 2.45) is 5.41 Å². The van der Waals surface area contributed by atoms with Crippen molar-refractivity contribution in [3.05, 3.63) is 71.4 Å². The second-order valence-electron chi connectivity index (χ2n) is 7.96. The average Bonchev–Trinajstić information content (AvgIpc) is 2.94. The van der Waals surface area contributed by atoms with E-state index in [4.69, 9.17) is 0 Å². The minimum absolute atomic E-state index is 0.0422. The highest BCUT2D eigenvalue weighted by molar-refractivity contribution is 8.04. The topological polar surface area (TPSA) is 71.5 Å². The van der Waals surface area contributed by atoms with E-state index in [0.29, 0.717) is 22.2 Å². The summed E-state index contributed by atoms with van der Waals surface area (Å²) in [6, 6.07) is 12.4. The molecule has 0 N–H and O–H groups in total. The summed E-state index contributed by atoms with van der Waals surface area (Å²) in [5, 5.41) is 0. The highest BCUT2D eigenvalue weighted by atomic mass is 32.3. The van der Waals surface area contributed by atoms with Gasteiger partial charge in [-0.2, -0.15) is 3.71 Å². The van der Waals surface area contributed by atoms with Crippen LogP contribution in [0.3, 0.4) is 0 Å². The van der Waals surface area contributed by atoms with E-state index in [0.717, 1.165) is 11.1 Å². The Kier molecular flexibility index (Phi) is 5.18. The Hall–Kier alpha value is -2.12. The van der Waals surface area contributed by atoms with Crippen LogP contribution in [0.15, 0.2) is 70.1 Å². The second-order valence-corrected chi connectivity index (χ2v) is 11.8. The van der Waals surface area contributed by atoms with Gasteiger partial charge in [-0.25, -0.2) is 16.8 Å². The van der Waals surface area contributed by atoms with E-state index in [1.165, 1.54) is 24.3 Å². The monoisotopic (exact) mass is 419 g/mol. The van der Waals surface area contributed by atoms with Gasteiger partial charge < -0.3 is 0 Å². The molecule has 2 aromatic rings. The Labute approximate surface area is 167 Å². The summed E-state index contributed by atoms with van der Waals surface area (Å²) in [6.07, 6.45) is 2.82. The molecule has 0 aliphatic heterocycles. The predicted octanol–water partition coefficient (Wildman–Crippen LogP) is 4.39. The maximum Gasteiger partial charge on any atom is 0.277 e. The standard InChI is InChI=1S/C21H25NO4S2/c1-16-5-9-19(10-6-16)27(23,24)22(18-13-14-21(3,4)15-18)28(25,26)20-11-7-17(2)8-12-20/h5-12,15H,13-14H2,1-4H3. The predicted molar refractivity (Wildman–Crippen MR) is 110 cm³/mol. The Bertz CT molecular complexity index is 1040. The van der Waals surface area contributed by atoms with E-state index in [1.807, 2.05) is 27.7 Å². The smallest absolute Gasteiger partial charge is 0.200 e. The fraction of sp³-hybridized carbons (Fsp3) is 0.333. The number of hydrogen-bond donors (Lipinski definition) is 0. The lowest BCUT2D eigenvalue weighted by molar-refractivity contribution is 0.468. The van der Waals surface area contributed by atoms with Crippen molar-refractivity contribution in [3.63, 3.8) is 0 Å². The molecule has 150 valence electrons. The summed E-state index contributed by atoms with van der Waals surface area (Å²) in [5.41, 5.74) is 1.83. The van der Waals surface area contributed by atoms with Gasteiger partial charge in [0.15, 0.2) is 0 Å². The molecule has 1 aliphatic carbocycles. The van der Waals surface area contributed by atoms with Gasteiger partial charge in [0.25, 0.3) is 20.0 Å². The Morgan fingerprint density at radius 1 is 0.750 bits per heavy atom. The van der Waals surface area contributed by atoms with Gasteiger partial charge in [-0.3, -0.25) is 0 Å². The van der Waals surface area contributed by atoms with Crippen LogP contribution < -0.4 is 0 Å². The molecule has 0 spiro atoms. The van der Waals surface area contributed by atoms with Gasteiger partial charge in [-0.15, -0.1) is 0 Å². The van der Waals surface area contributed by atoms with Crippen molar-refractivity contribution in [3.8, 4) is 0 Å². The SMILES string of the molecule is Cc1ccc(S(=O)(=O)N(C2=CC(C)(C)CC2)S(=O)(=O)c2ccc(C)cc2)cc1. The van der Waals surface area contributed by atoms with Crippen molar-refractivity contribution >= 4 is 20.0 Å². The third-order valence-corrected chi connectivity index (χ3v) is 9.15. The lowest BCUT2D eigenvalue weighted by atomic mass is 9.94. The van der Waals surface area contributed by atoms with Crippen molar-refractivity contribution < 1.29 is 16.8 Å². The Morgan fingerprint density at radius 2 is 1.14 bits per heavy atom. The van der Waals surface area contributed by atoms with Gasteiger partial charge in [-0.05, 0) is 56.4 Å². The van der Waals surface area contributed by atoms with Crippen molar-refractivity contribution in [2.45, 2.75) is 50.3 Å². The quantitative estimate of drug-likeness (QED) is 0.721. The van der Waals surface area contributed by atoms with Crippen LogP contribution >= 0.6 is 0 Å². The molecule has 0 heterocycles. The summed E-state index contributed by atoms with van der Waals surface area (Å²) in [5.74, 6) is 0. The molecular weight excluding hydrogens is 394 g/mol. The normalized spacial score (nSPS) is 16.6. The van der Waals surface area contributed by atoms with Gasteiger partial charge in [0.2, 0.25) is 0 Å². The maximum absolute atomic E-state index is 13.4. The number of allylic oxidation sites excluding steroid dienone is 2. The molecule has 0 saturated heterocycles. The van der Waals surface area contributed by atoms with Crippen LogP contribution in [0.2, 0.25) is 0 Å². The highest BCUT2D eigenvalue weighted by Gasteiger charge is 2.41. The second kappa shape index (κ2) is 7.04. The van der Waals surface area contributed by atoms with Gasteiger partial charge >= 0.3 is 0 Å². The fourth-order valence-electron chi connectivity index (χ4n) is 3.24. The van der Waals surface area contributed by atoms with Gasteiger partial charge in [0, 0.05) is 5.70 Å². The van der Waals surface area contributed by atoms with Crippen LogP contribution in [0.4, 0.5) is 0 Å². The van der Waals surface area contributed by atoms with E-state index in [-0.39, 0.29) is 15.2 Å².